The monoisotopic (exact) mass is 341 g/mol. The third kappa shape index (κ3) is 3.12. The van der Waals surface area contributed by atoms with Crippen molar-refractivity contribution in [2.24, 2.45) is 0 Å². The van der Waals surface area contributed by atoms with Crippen LogP contribution in [0.3, 0.4) is 0 Å². The zero-order chi connectivity index (χ0) is 14.9. The zero-order valence-electron chi connectivity index (χ0n) is 11.6. The van der Waals surface area contributed by atoms with Gasteiger partial charge < -0.3 is 10.4 Å². The molecule has 2 N–H and O–H groups in total. The summed E-state index contributed by atoms with van der Waals surface area (Å²) in [6.45, 7) is 6.33. The summed E-state index contributed by atoms with van der Waals surface area (Å²) < 4.78 is 15.9. The maximum atomic E-state index is 13.4. The number of benzene rings is 1. The number of aryl methyl sites for hydroxylation is 1. The molecule has 2 aromatic rings. The van der Waals surface area contributed by atoms with E-state index in [0.29, 0.717) is 16.6 Å². The number of halogens is 2. The van der Waals surface area contributed by atoms with Crippen molar-refractivity contribution in [2.75, 3.05) is 5.32 Å². The van der Waals surface area contributed by atoms with Crippen molar-refractivity contribution in [3.8, 4) is 5.75 Å². The zero-order valence-corrected chi connectivity index (χ0v) is 13.2. The van der Waals surface area contributed by atoms with E-state index in [1.807, 2.05) is 31.6 Å². The highest BCUT2D eigenvalue weighted by molar-refractivity contribution is 9.10. The van der Waals surface area contributed by atoms with Gasteiger partial charge in [-0.3, -0.25) is 4.68 Å². The average molecular weight is 342 g/mol. The molecule has 0 amide bonds. The van der Waals surface area contributed by atoms with Crippen LogP contribution in [0.15, 0.2) is 22.8 Å². The van der Waals surface area contributed by atoms with E-state index in [4.69, 9.17) is 0 Å². The van der Waals surface area contributed by atoms with Gasteiger partial charge in [-0.15, -0.1) is 0 Å². The Bertz CT molecular complexity index is 625. The number of rotatable bonds is 4. The molecule has 1 heterocycles. The molecule has 1 aromatic heterocycles. The first-order valence-electron chi connectivity index (χ1n) is 6.35. The summed E-state index contributed by atoms with van der Waals surface area (Å²) in [4.78, 5) is 0. The molecule has 0 saturated carbocycles. The number of phenolic OH excluding ortho intramolecular Hbond substituents is 1. The quantitative estimate of drug-likeness (QED) is 0.883. The minimum absolute atomic E-state index is 0.279. The van der Waals surface area contributed by atoms with Gasteiger partial charge in [-0.1, -0.05) is 15.9 Å². The van der Waals surface area contributed by atoms with Crippen molar-refractivity contribution in [1.29, 1.82) is 0 Å². The van der Waals surface area contributed by atoms with Crippen LogP contribution in [-0.2, 0) is 6.54 Å². The second-order valence-electron chi connectivity index (χ2n) is 4.95. The molecular formula is C14H17BrFN3O. The highest BCUT2D eigenvalue weighted by atomic mass is 79.9. The van der Waals surface area contributed by atoms with Crippen LogP contribution in [0.2, 0.25) is 0 Å². The molecule has 0 atom stereocenters. The van der Waals surface area contributed by atoms with Crippen LogP contribution in [0.25, 0.3) is 0 Å². The van der Waals surface area contributed by atoms with Crippen molar-refractivity contribution >= 4 is 21.6 Å². The predicted octanol–water partition coefficient (Wildman–Crippen LogP) is 3.99. The van der Waals surface area contributed by atoms with E-state index in [-0.39, 0.29) is 11.8 Å². The highest BCUT2D eigenvalue weighted by Gasteiger charge is 2.11. The number of nitrogens with zero attached hydrogens (tertiary/aromatic N) is 2. The van der Waals surface area contributed by atoms with Crippen LogP contribution in [-0.4, -0.2) is 14.9 Å². The lowest BCUT2D eigenvalue weighted by atomic mass is 10.2. The second-order valence-corrected chi connectivity index (χ2v) is 5.87. The van der Waals surface area contributed by atoms with Gasteiger partial charge in [0.15, 0.2) is 11.6 Å². The van der Waals surface area contributed by atoms with Crippen LogP contribution in [0.1, 0.15) is 31.1 Å². The molecule has 108 valence electrons. The lowest BCUT2D eigenvalue weighted by molar-refractivity contribution is 0.426. The molecule has 4 nitrogen and oxygen atoms in total. The maximum absolute atomic E-state index is 13.4. The molecular weight excluding hydrogens is 325 g/mol. The van der Waals surface area contributed by atoms with Gasteiger partial charge in [0, 0.05) is 28.8 Å². The molecule has 2 rings (SSSR count). The Hall–Kier alpha value is -1.56. The number of aromatic nitrogens is 2. The van der Waals surface area contributed by atoms with E-state index < -0.39 is 5.82 Å². The van der Waals surface area contributed by atoms with Crippen LogP contribution in [0.5, 0.6) is 5.75 Å². The van der Waals surface area contributed by atoms with Crippen molar-refractivity contribution in [3.05, 3.63) is 39.9 Å². The molecule has 0 unspecified atom stereocenters. The number of phenols is 1. The molecule has 20 heavy (non-hydrogen) atoms. The van der Waals surface area contributed by atoms with Gasteiger partial charge in [0.2, 0.25) is 0 Å². The summed E-state index contributed by atoms with van der Waals surface area (Å²) in [6.07, 6.45) is 1.91. The van der Waals surface area contributed by atoms with Crippen molar-refractivity contribution in [1.82, 2.24) is 9.78 Å². The van der Waals surface area contributed by atoms with Gasteiger partial charge in [-0.05, 0) is 32.9 Å². The van der Waals surface area contributed by atoms with E-state index >= 15 is 0 Å². The Morgan fingerprint density at radius 3 is 2.75 bits per heavy atom. The van der Waals surface area contributed by atoms with Gasteiger partial charge in [0.25, 0.3) is 0 Å². The van der Waals surface area contributed by atoms with Gasteiger partial charge in [-0.25, -0.2) is 4.39 Å². The van der Waals surface area contributed by atoms with Gasteiger partial charge in [-0.2, -0.15) is 5.10 Å². The summed E-state index contributed by atoms with van der Waals surface area (Å²) in [5, 5.41) is 17.3. The molecule has 0 radical (unpaired) electrons. The predicted molar refractivity (Wildman–Crippen MR) is 80.4 cm³/mol. The molecule has 6 heteroatoms. The first-order chi connectivity index (χ1) is 9.38. The number of nitrogens with one attached hydrogen (secondary N) is 1. The lowest BCUT2D eigenvalue weighted by Gasteiger charge is -2.08. The topological polar surface area (TPSA) is 50.1 Å². The maximum Gasteiger partial charge on any atom is 0.166 e. The Kier molecular flexibility index (Phi) is 4.32. The average Bonchev–Trinajstić information content (AvgIpc) is 2.74. The van der Waals surface area contributed by atoms with Crippen molar-refractivity contribution in [2.45, 2.75) is 33.4 Å². The van der Waals surface area contributed by atoms with Gasteiger partial charge in [0.05, 0.1) is 11.4 Å². The Morgan fingerprint density at radius 1 is 1.45 bits per heavy atom. The van der Waals surface area contributed by atoms with E-state index in [9.17, 15) is 9.50 Å². The standard InChI is InChI=1S/C14H17BrFN3O/c1-8(2)19-7-13(9(3)18-19)17-6-10-4-11(15)5-12(16)14(10)20/h4-5,7-8,17,20H,6H2,1-3H3. The largest absolute Gasteiger partial charge is 0.505 e. The van der Waals surface area contributed by atoms with Crippen LogP contribution in [0, 0.1) is 12.7 Å². The smallest absolute Gasteiger partial charge is 0.166 e. The van der Waals surface area contributed by atoms with E-state index in [1.165, 1.54) is 6.07 Å². The Labute approximate surface area is 125 Å². The Balaban J connectivity index is 2.17. The van der Waals surface area contributed by atoms with Crippen molar-refractivity contribution in [3.63, 3.8) is 0 Å². The molecule has 1 aromatic carbocycles. The highest BCUT2D eigenvalue weighted by Crippen LogP contribution is 2.27. The Morgan fingerprint density at radius 2 is 2.15 bits per heavy atom. The van der Waals surface area contributed by atoms with Gasteiger partial charge >= 0.3 is 0 Å². The van der Waals surface area contributed by atoms with E-state index in [0.717, 1.165) is 11.4 Å². The fourth-order valence-electron chi connectivity index (χ4n) is 1.86. The summed E-state index contributed by atoms with van der Waals surface area (Å²) in [6, 6.07) is 3.20. The fraction of sp³-hybridized carbons (Fsp3) is 0.357. The molecule has 0 saturated heterocycles. The third-order valence-electron chi connectivity index (χ3n) is 3.02. The summed E-state index contributed by atoms with van der Waals surface area (Å²) in [7, 11) is 0. The molecule has 0 fully saturated rings. The van der Waals surface area contributed by atoms with E-state index in [1.54, 1.807) is 6.07 Å². The fourth-order valence-corrected chi connectivity index (χ4v) is 2.34. The van der Waals surface area contributed by atoms with E-state index in [2.05, 4.69) is 26.3 Å². The summed E-state index contributed by atoms with van der Waals surface area (Å²) >= 11 is 3.22. The molecule has 0 aliphatic rings. The molecule has 0 aliphatic heterocycles. The molecule has 0 aliphatic carbocycles. The molecule has 0 bridgehead atoms. The van der Waals surface area contributed by atoms with Crippen LogP contribution in [0.4, 0.5) is 10.1 Å². The summed E-state index contributed by atoms with van der Waals surface area (Å²) in [5.41, 5.74) is 2.24. The number of aromatic hydroxyl groups is 1. The lowest BCUT2D eigenvalue weighted by Crippen LogP contribution is -2.01. The number of hydrogen-bond donors (Lipinski definition) is 2. The first-order valence-corrected chi connectivity index (χ1v) is 7.14. The second kappa shape index (κ2) is 5.83. The molecule has 0 spiro atoms. The first kappa shape index (κ1) is 14.8. The third-order valence-corrected chi connectivity index (χ3v) is 3.48. The minimum Gasteiger partial charge on any atom is -0.505 e. The number of hydrogen-bond acceptors (Lipinski definition) is 3. The van der Waals surface area contributed by atoms with Crippen molar-refractivity contribution < 1.29 is 9.50 Å². The SMILES string of the molecule is Cc1nn(C(C)C)cc1NCc1cc(Br)cc(F)c1O. The van der Waals surface area contributed by atoms with Crippen LogP contribution >= 0.6 is 15.9 Å². The summed E-state index contributed by atoms with van der Waals surface area (Å²) in [5.74, 6) is -0.958. The minimum atomic E-state index is -0.634. The number of anilines is 1. The van der Waals surface area contributed by atoms with Gasteiger partial charge in [0.1, 0.15) is 0 Å². The normalized spacial score (nSPS) is 11.1. The van der Waals surface area contributed by atoms with Crippen LogP contribution < -0.4 is 5.32 Å².